The Hall–Kier alpha value is -1.30. The molecular weight excluding hydrogens is 258 g/mol. The van der Waals surface area contributed by atoms with E-state index in [4.69, 9.17) is 0 Å². The van der Waals surface area contributed by atoms with Gasteiger partial charge in [-0.15, -0.1) is 0 Å². The molecule has 0 spiro atoms. The first-order chi connectivity index (χ1) is 9.46. The van der Waals surface area contributed by atoms with Crippen LogP contribution in [0.15, 0.2) is 0 Å². The van der Waals surface area contributed by atoms with E-state index >= 15 is 0 Å². The zero-order valence-corrected chi connectivity index (χ0v) is 12.5. The Balaban J connectivity index is 1.85. The molecule has 2 rings (SSSR count). The van der Waals surface area contributed by atoms with Crippen LogP contribution in [0.25, 0.3) is 0 Å². The number of piperidine rings is 1. The molecule has 0 aliphatic carbocycles. The fraction of sp³-hybridized carbons (Fsp3) is 0.857. The van der Waals surface area contributed by atoms with Gasteiger partial charge < -0.3 is 19.8 Å². The number of nitrogens with zero attached hydrogens (tertiary/aromatic N) is 3. The van der Waals surface area contributed by atoms with Crippen LogP contribution in [0, 0.1) is 5.41 Å². The fourth-order valence-corrected chi connectivity index (χ4v) is 2.86. The molecular formula is C14H25N3O3. The van der Waals surface area contributed by atoms with Crippen molar-refractivity contribution in [2.75, 3.05) is 45.8 Å². The van der Waals surface area contributed by atoms with Crippen molar-refractivity contribution < 1.29 is 14.7 Å². The minimum absolute atomic E-state index is 0.0770. The molecule has 2 heterocycles. The van der Waals surface area contributed by atoms with Crippen molar-refractivity contribution in [3.05, 3.63) is 0 Å². The maximum Gasteiger partial charge on any atom is 0.320 e. The van der Waals surface area contributed by atoms with Crippen LogP contribution in [0.1, 0.15) is 26.7 Å². The number of rotatable bonds is 2. The van der Waals surface area contributed by atoms with E-state index in [1.54, 1.807) is 6.92 Å². The number of urea groups is 1. The Morgan fingerprint density at radius 3 is 1.95 bits per heavy atom. The average Bonchev–Trinajstić information content (AvgIpc) is 2.47. The standard InChI is InChI=1S/C14H25N3O3/c1-3-15-8-10-17(11-9-15)13(20)16-6-4-14(2,5-7-16)12(18)19/h3-11H2,1-2H3,(H,18,19). The lowest BCUT2D eigenvalue weighted by molar-refractivity contribution is -0.150. The van der Waals surface area contributed by atoms with Gasteiger partial charge in [-0.05, 0) is 26.3 Å². The van der Waals surface area contributed by atoms with Crippen LogP contribution in [-0.2, 0) is 4.79 Å². The third kappa shape index (κ3) is 3.06. The molecule has 0 aromatic heterocycles. The van der Waals surface area contributed by atoms with Gasteiger partial charge in [-0.2, -0.15) is 0 Å². The predicted octanol–water partition coefficient (Wildman–Crippen LogP) is 0.931. The third-order valence-electron chi connectivity index (χ3n) is 4.74. The molecule has 20 heavy (non-hydrogen) atoms. The number of hydrogen-bond donors (Lipinski definition) is 1. The van der Waals surface area contributed by atoms with Gasteiger partial charge >= 0.3 is 12.0 Å². The SMILES string of the molecule is CCN1CCN(C(=O)N2CCC(C)(C(=O)O)CC2)CC1. The largest absolute Gasteiger partial charge is 0.481 e. The summed E-state index contributed by atoms with van der Waals surface area (Å²) in [5, 5.41) is 9.21. The van der Waals surface area contributed by atoms with Gasteiger partial charge in [-0.1, -0.05) is 6.92 Å². The van der Waals surface area contributed by atoms with Crippen molar-refractivity contribution in [2.45, 2.75) is 26.7 Å². The molecule has 0 aromatic rings. The van der Waals surface area contributed by atoms with Gasteiger partial charge in [-0.25, -0.2) is 4.79 Å². The lowest BCUT2D eigenvalue weighted by atomic mass is 9.80. The van der Waals surface area contributed by atoms with Crippen LogP contribution in [0.2, 0.25) is 0 Å². The number of likely N-dealkylation sites (N-methyl/N-ethyl adjacent to an activating group) is 1. The molecule has 2 saturated heterocycles. The zero-order chi connectivity index (χ0) is 14.8. The van der Waals surface area contributed by atoms with E-state index in [-0.39, 0.29) is 6.03 Å². The van der Waals surface area contributed by atoms with Crippen molar-refractivity contribution in [1.29, 1.82) is 0 Å². The number of carboxylic acid groups (broad SMARTS) is 1. The summed E-state index contributed by atoms with van der Waals surface area (Å²) in [6, 6.07) is 0.0770. The van der Waals surface area contributed by atoms with Gasteiger partial charge in [0.05, 0.1) is 5.41 Å². The number of carbonyl (C=O) groups excluding carboxylic acids is 1. The maximum atomic E-state index is 12.4. The van der Waals surface area contributed by atoms with Crippen molar-refractivity contribution >= 4 is 12.0 Å². The second kappa shape index (κ2) is 5.99. The van der Waals surface area contributed by atoms with Crippen molar-refractivity contribution in [3.63, 3.8) is 0 Å². The van der Waals surface area contributed by atoms with E-state index in [1.165, 1.54) is 0 Å². The van der Waals surface area contributed by atoms with Crippen molar-refractivity contribution in [2.24, 2.45) is 5.41 Å². The number of amides is 2. The minimum Gasteiger partial charge on any atom is -0.481 e. The van der Waals surface area contributed by atoms with Crippen LogP contribution >= 0.6 is 0 Å². The number of carboxylic acids is 1. The summed E-state index contributed by atoms with van der Waals surface area (Å²) in [6.07, 6.45) is 1.09. The number of carbonyl (C=O) groups is 2. The number of aliphatic carboxylic acids is 1. The molecule has 6 nitrogen and oxygen atoms in total. The molecule has 114 valence electrons. The summed E-state index contributed by atoms with van der Waals surface area (Å²) in [5.41, 5.74) is -0.669. The maximum absolute atomic E-state index is 12.4. The summed E-state index contributed by atoms with van der Waals surface area (Å²) in [7, 11) is 0. The first-order valence-electron chi connectivity index (χ1n) is 7.46. The summed E-state index contributed by atoms with van der Waals surface area (Å²) in [5.74, 6) is -0.749. The van der Waals surface area contributed by atoms with Gasteiger partial charge in [0.1, 0.15) is 0 Å². The van der Waals surface area contributed by atoms with Gasteiger partial charge in [0.25, 0.3) is 0 Å². The molecule has 2 aliphatic rings. The number of likely N-dealkylation sites (tertiary alicyclic amines) is 1. The Kier molecular flexibility index (Phi) is 4.52. The first-order valence-corrected chi connectivity index (χ1v) is 7.46. The van der Waals surface area contributed by atoms with E-state index < -0.39 is 11.4 Å². The zero-order valence-electron chi connectivity index (χ0n) is 12.5. The second-order valence-electron chi connectivity index (χ2n) is 6.06. The molecule has 2 fully saturated rings. The summed E-state index contributed by atoms with van der Waals surface area (Å²) in [6.45, 7) is 9.46. The van der Waals surface area contributed by atoms with E-state index in [1.807, 2.05) is 9.80 Å². The highest BCUT2D eigenvalue weighted by Gasteiger charge is 2.39. The number of hydrogen-bond acceptors (Lipinski definition) is 3. The van der Waals surface area contributed by atoms with E-state index in [2.05, 4.69) is 11.8 Å². The fourth-order valence-electron chi connectivity index (χ4n) is 2.86. The van der Waals surface area contributed by atoms with Gasteiger partial charge in [0.2, 0.25) is 0 Å². The quantitative estimate of drug-likeness (QED) is 0.819. The highest BCUT2D eigenvalue weighted by Crippen LogP contribution is 2.31. The molecule has 2 amide bonds. The van der Waals surface area contributed by atoms with E-state index in [9.17, 15) is 14.7 Å². The normalized spacial score (nSPS) is 23.7. The molecule has 0 radical (unpaired) electrons. The van der Waals surface area contributed by atoms with E-state index in [0.717, 1.165) is 32.7 Å². The van der Waals surface area contributed by atoms with Gasteiger partial charge in [0.15, 0.2) is 0 Å². The average molecular weight is 283 g/mol. The molecule has 0 saturated carbocycles. The van der Waals surface area contributed by atoms with Crippen LogP contribution in [0.4, 0.5) is 4.79 Å². The Bertz CT molecular complexity index is 370. The van der Waals surface area contributed by atoms with Crippen molar-refractivity contribution in [3.8, 4) is 0 Å². The lowest BCUT2D eigenvalue weighted by Crippen LogP contribution is -2.55. The van der Waals surface area contributed by atoms with Gasteiger partial charge in [-0.3, -0.25) is 4.79 Å². The Morgan fingerprint density at radius 2 is 1.50 bits per heavy atom. The Labute approximate surface area is 120 Å². The molecule has 2 aliphatic heterocycles. The highest BCUT2D eigenvalue weighted by atomic mass is 16.4. The second-order valence-corrected chi connectivity index (χ2v) is 6.06. The van der Waals surface area contributed by atoms with Crippen LogP contribution in [0.5, 0.6) is 0 Å². The third-order valence-corrected chi connectivity index (χ3v) is 4.74. The highest BCUT2D eigenvalue weighted by molar-refractivity contribution is 5.77. The molecule has 0 bridgehead atoms. The molecule has 1 N–H and O–H groups in total. The molecule has 6 heteroatoms. The molecule has 0 unspecified atom stereocenters. The van der Waals surface area contributed by atoms with Crippen LogP contribution in [0.3, 0.4) is 0 Å². The Morgan fingerprint density at radius 1 is 1.00 bits per heavy atom. The summed E-state index contributed by atoms with van der Waals surface area (Å²) < 4.78 is 0. The van der Waals surface area contributed by atoms with Gasteiger partial charge in [0, 0.05) is 39.3 Å². The van der Waals surface area contributed by atoms with Crippen LogP contribution < -0.4 is 0 Å². The number of piperazine rings is 1. The molecule has 0 aromatic carbocycles. The summed E-state index contributed by atoms with van der Waals surface area (Å²) in [4.78, 5) is 29.7. The first kappa shape index (κ1) is 15.1. The lowest BCUT2D eigenvalue weighted by Gasteiger charge is -2.41. The van der Waals surface area contributed by atoms with Crippen molar-refractivity contribution in [1.82, 2.24) is 14.7 Å². The minimum atomic E-state index is -0.749. The van der Waals surface area contributed by atoms with E-state index in [0.29, 0.717) is 25.9 Å². The summed E-state index contributed by atoms with van der Waals surface area (Å²) >= 11 is 0. The predicted molar refractivity (Wildman–Crippen MR) is 75.6 cm³/mol. The smallest absolute Gasteiger partial charge is 0.320 e. The molecule has 0 atom stereocenters. The monoisotopic (exact) mass is 283 g/mol. The van der Waals surface area contributed by atoms with Crippen LogP contribution in [-0.4, -0.2) is 77.6 Å². The topological polar surface area (TPSA) is 64.1 Å².